The second-order valence-corrected chi connectivity index (χ2v) is 3.68. The Labute approximate surface area is 90.9 Å². The minimum absolute atomic E-state index is 0.277. The summed E-state index contributed by atoms with van der Waals surface area (Å²) in [5, 5.41) is 0.885. The molecule has 1 rings (SSSR count). The third-order valence-electron chi connectivity index (χ3n) is 1.55. The summed E-state index contributed by atoms with van der Waals surface area (Å²) in [6, 6.07) is 3.08. The number of allylic oxidation sites excluding steroid dienone is 1. The van der Waals surface area contributed by atoms with Gasteiger partial charge in [-0.05, 0) is 23.3 Å². The molecule has 0 amide bonds. The second-order valence-electron chi connectivity index (χ2n) is 2.49. The molecule has 0 N–H and O–H groups in total. The molecule has 0 unspecified atom stereocenters. The number of benzene rings is 1. The predicted molar refractivity (Wildman–Crippen MR) is 56.5 cm³/mol. The van der Waals surface area contributed by atoms with Crippen molar-refractivity contribution in [3.8, 4) is 0 Å². The Kier molecular flexibility index (Phi) is 3.60. The van der Waals surface area contributed by atoms with Gasteiger partial charge in [0.25, 0.3) is 0 Å². The average molecular weight is 240 g/mol. The normalized spacial score (nSPS) is 10.2. The first-order chi connectivity index (χ1) is 6.06. The van der Waals surface area contributed by atoms with Gasteiger partial charge in [0.05, 0.1) is 15.1 Å². The molecule has 0 atom stereocenters. The van der Waals surface area contributed by atoms with Crippen molar-refractivity contribution in [2.75, 3.05) is 6.67 Å². The fraction of sp³-hybridized carbons (Fsp3) is 0.111. The topological polar surface area (TPSA) is 0 Å². The summed E-state index contributed by atoms with van der Waals surface area (Å²) in [6.45, 7) is 2.89. The Morgan fingerprint density at radius 3 is 2.08 bits per heavy atom. The first-order valence-electron chi connectivity index (χ1n) is 3.45. The summed E-state index contributed by atoms with van der Waals surface area (Å²) in [6.07, 6.45) is 0. The van der Waals surface area contributed by atoms with E-state index in [4.69, 9.17) is 34.8 Å². The SMILES string of the molecule is C=C(CF)c1cc(Cl)c(Cl)c(Cl)c1. The van der Waals surface area contributed by atoms with Crippen LogP contribution in [0.1, 0.15) is 5.56 Å². The van der Waals surface area contributed by atoms with Gasteiger partial charge in [-0.25, -0.2) is 4.39 Å². The third-order valence-corrected chi connectivity index (χ3v) is 2.75. The highest BCUT2D eigenvalue weighted by Gasteiger charge is 2.07. The van der Waals surface area contributed by atoms with Crippen LogP contribution in [0, 0.1) is 0 Å². The minimum Gasteiger partial charge on any atom is -0.246 e. The van der Waals surface area contributed by atoms with E-state index in [1.165, 1.54) is 12.1 Å². The molecule has 0 fully saturated rings. The van der Waals surface area contributed by atoms with Crippen molar-refractivity contribution in [2.45, 2.75) is 0 Å². The largest absolute Gasteiger partial charge is 0.246 e. The molecular weight excluding hydrogens is 233 g/mol. The van der Waals surface area contributed by atoms with Crippen molar-refractivity contribution in [1.29, 1.82) is 0 Å². The number of hydrogen-bond donors (Lipinski definition) is 0. The minimum atomic E-state index is -0.631. The van der Waals surface area contributed by atoms with Crippen LogP contribution in [0.5, 0.6) is 0 Å². The second kappa shape index (κ2) is 4.32. The van der Waals surface area contributed by atoms with E-state index in [9.17, 15) is 4.39 Å². The van der Waals surface area contributed by atoms with E-state index in [2.05, 4.69) is 6.58 Å². The molecule has 0 spiro atoms. The number of rotatable bonds is 2. The average Bonchev–Trinajstić information content (AvgIpc) is 2.12. The summed E-state index contributed by atoms with van der Waals surface area (Å²) >= 11 is 17.2. The van der Waals surface area contributed by atoms with Crippen LogP contribution in [-0.4, -0.2) is 6.67 Å². The predicted octanol–water partition coefficient (Wildman–Crippen LogP) is 4.63. The van der Waals surface area contributed by atoms with Gasteiger partial charge in [0, 0.05) is 0 Å². The van der Waals surface area contributed by atoms with E-state index in [-0.39, 0.29) is 5.02 Å². The van der Waals surface area contributed by atoms with E-state index in [0.29, 0.717) is 21.2 Å². The Bertz CT molecular complexity index is 324. The number of hydrogen-bond acceptors (Lipinski definition) is 0. The van der Waals surface area contributed by atoms with Crippen molar-refractivity contribution in [1.82, 2.24) is 0 Å². The molecule has 4 heteroatoms. The molecule has 0 saturated carbocycles. The lowest BCUT2D eigenvalue weighted by Crippen LogP contribution is -1.85. The quantitative estimate of drug-likeness (QED) is 0.660. The van der Waals surface area contributed by atoms with Crippen LogP contribution in [0.4, 0.5) is 4.39 Å². The van der Waals surface area contributed by atoms with E-state index >= 15 is 0 Å². The lowest BCUT2D eigenvalue weighted by atomic mass is 10.1. The van der Waals surface area contributed by atoms with E-state index in [1.807, 2.05) is 0 Å². The van der Waals surface area contributed by atoms with Gasteiger partial charge in [0.2, 0.25) is 0 Å². The first kappa shape index (κ1) is 10.8. The van der Waals surface area contributed by atoms with Gasteiger partial charge in [-0.3, -0.25) is 0 Å². The summed E-state index contributed by atoms with van der Waals surface area (Å²) in [4.78, 5) is 0. The Hall–Kier alpha value is -0.240. The molecule has 13 heavy (non-hydrogen) atoms. The lowest BCUT2D eigenvalue weighted by Gasteiger charge is -2.04. The molecular formula is C9H6Cl3F. The smallest absolute Gasteiger partial charge is 0.115 e. The zero-order valence-corrected chi connectivity index (χ0v) is 8.85. The van der Waals surface area contributed by atoms with Crippen molar-refractivity contribution in [2.24, 2.45) is 0 Å². The molecule has 0 heterocycles. The zero-order chi connectivity index (χ0) is 10.0. The van der Waals surface area contributed by atoms with Gasteiger partial charge in [-0.1, -0.05) is 41.4 Å². The van der Waals surface area contributed by atoms with Crippen molar-refractivity contribution < 1.29 is 4.39 Å². The standard InChI is InChI=1S/C9H6Cl3F/c1-5(4-13)6-2-7(10)9(12)8(11)3-6/h2-3H,1,4H2. The van der Waals surface area contributed by atoms with Crippen LogP contribution in [0.15, 0.2) is 18.7 Å². The van der Waals surface area contributed by atoms with Crippen LogP contribution in [0.3, 0.4) is 0 Å². The van der Waals surface area contributed by atoms with Gasteiger partial charge in [-0.15, -0.1) is 0 Å². The van der Waals surface area contributed by atoms with Crippen LogP contribution < -0.4 is 0 Å². The third kappa shape index (κ3) is 2.37. The molecule has 70 valence electrons. The molecule has 1 aromatic rings. The highest BCUT2D eigenvalue weighted by molar-refractivity contribution is 6.48. The molecule has 0 bridgehead atoms. The maximum Gasteiger partial charge on any atom is 0.115 e. The molecule has 1 aromatic carbocycles. The summed E-state index contributed by atoms with van der Waals surface area (Å²) in [5.74, 6) is 0. The summed E-state index contributed by atoms with van der Waals surface area (Å²) in [7, 11) is 0. The highest BCUT2D eigenvalue weighted by Crippen LogP contribution is 2.33. The Morgan fingerprint density at radius 1 is 1.23 bits per heavy atom. The summed E-state index contributed by atoms with van der Waals surface area (Å²) < 4.78 is 12.2. The van der Waals surface area contributed by atoms with Crippen LogP contribution >= 0.6 is 34.8 Å². The van der Waals surface area contributed by atoms with E-state index in [1.54, 1.807) is 0 Å². The maximum absolute atomic E-state index is 12.2. The van der Waals surface area contributed by atoms with Crippen molar-refractivity contribution >= 4 is 40.4 Å². The molecule has 0 aliphatic carbocycles. The molecule has 0 aliphatic rings. The molecule has 0 nitrogen and oxygen atoms in total. The van der Waals surface area contributed by atoms with Crippen LogP contribution in [0.2, 0.25) is 15.1 Å². The van der Waals surface area contributed by atoms with Gasteiger partial charge >= 0.3 is 0 Å². The first-order valence-corrected chi connectivity index (χ1v) is 4.58. The lowest BCUT2D eigenvalue weighted by molar-refractivity contribution is 0.572. The van der Waals surface area contributed by atoms with Crippen LogP contribution in [-0.2, 0) is 0 Å². The van der Waals surface area contributed by atoms with Gasteiger partial charge in [-0.2, -0.15) is 0 Å². The molecule has 0 saturated heterocycles. The van der Waals surface area contributed by atoms with Gasteiger partial charge < -0.3 is 0 Å². The molecule has 0 aliphatic heterocycles. The zero-order valence-electron chi connectivity index (χ0n) is 6.58. The fourth-order valence-electron chi connectivity index (χ4n) is 0.837. The van der Waals surface area contributed by atoms with Crippen molar-refractivity contribution in [3.05, 3.63) is 39.3 Å². The Balaban J connectivity index is 3.20. The number of alkyl halides is 1. The van der Waals surface area contributed by atoms with Crippen LogP contribution in [0.25, 0.3) is 5.57 Å². The van der Waals surface area contributed by atoms with Gasteiger partial charge in [0.15, 0.2) is 0 Å². The monoisotopic (exact) mass is 238 g/mol. The maximum atomic E-state index is 12.2. The number of halogens is 4. The Morgan fingerprint density at radius 2 is 1.69 bits per heavy atom. The van der Waals surface area contributed by atoms with E-state index < -0.39 is 6.67 Å². The summed E-state index contributed by atoms with van der Waals surface area (Å²) in [5.41, 5.74) is 0.905. The van der Waals surface area contributed by atoms with Crippen molar-refractivity contribution in [3.63, 3.8) is 0 Å². The highest BCUT2D eigenvalue weighted by atomic mass is 35.5. The van der Waals surface area contributed by atoms with Gasteiger partial charge in [0.1, 0.15) is 6.67 Å². The fourth-order valence-corrected chi connectivity index (χ4v) is 1.43. The molecule has 0 radical (unpaired) electrons. The van der Waals surface area contributed by atoms with E-state index in [0.717, 1.165) is 0 Å². The molecule has 0 aromatic heterocycles.